The molecule has 1 N–H and O–H groups in total. The molecule has 0 saturated carbocycles. The topological polar surface area (TPSA) is 114 Å². The van der Waals surface area contributed by atoms with E-state index in [0.717, 1.165) is 89.9 Å². The molecule has 0 rings (SSSR count). The van der Waals surface area contributed by atoms with Gasteiger partial charge < -0.3 is 28.5 Å². The van der Waals surface area contributed by atoms with Gasteiger partial charge in [-0.1, -0.05) is 278 Å². The van der Waals surface area contributed by atoms with Crippen LogP contribution >= 0.6 is 7.82 Å². The van der Waals surface area contributed by atoms with E-state index < -0.39 is 32.5 Å². The Balaban J connectivity index is 5.20. The van der Waals surface area contributed by atoms with Gasteiger partial charge in [0.15, 0.2) is 0 Å². The molecule has 3 atom stereocenters. The summed E-state index contributed by atoms with van der Waals surface area (Å²) < 4.78 is 30.3. The number of likely N-dealkylation sites (N-methyl/N-ethyl adjacent to an activating group) is 1. The minimum Gasteiger partial charge on any atom is -0.756 e. The lowest BCUT2D eigenvalue weighted by molar-refractivity contribution is -0.870. The number of rotatable bonds is 60. The molecule has 0 aromatic heterocycles. The van der Waals surface area contributed by atoms with E-state index in [0.29, 0.717) is 23.9 Å². The van der Waals surface area contributed by atoms with Crippen molar-refractivity contribution in [2.75, 3.05) is 40.9 Å². The predicted molar refractivity (Wildman–Crippen MR) is 353 cm³/mol. The molecular weight excluding hydrogens is 1040 g/mol. The number of carbonyl (C=O) groups excluding carboxylic acids is 2. The third-order valence-corrected chi connectivity index (χ3v) is 15.4. The fraction of sp³-hybridized carbons (Fsp3) is 0.722. The zero-order chi connectivity index (χ0) is 60.0. The summed E-state index contributed by atoms with van der Waals surface area (Å²) in [6, 6.07) is -0.925. The molecule has 3 unspecified atom stereocenters. The summed E-state index contributed by atoms with van der Waals surface area (Å²) in [6.45, 7) is 6.66. The summed E-state index contributed by atoms with van der Waals surface area (Å²) in [5.41, 5.74) is 0. The Labute approximate surface area is 506 Å². The van der Waals surface area contributed by atoms with Crippen LogP contribution in [0.25, 0.3) is 0 Å². The van der Waals surface area contributed by atoms with E-state index in [4.69, 9.17) is 13.8 Å². The van der Waals surface area contributed by atoms with Crippen LogP contribution in [0.5, 0.6) is 0 Å². The number of carbonyl (C=O) groups is 2. The largest absolute Gasteiger partial charge is 0.756 e. The number of hydrogen-bond acceptors (Lipinski definition) is 7. The lowest BCUT2D eigenvalue weighted by Crippen LogP contribution is -2.47. The molecule has 0 heterocycles. The molecule has 0 aliphatic heterocycles. The fourth-order valence-corrected chi connectivity index (χ4v) is 10.0. The Morgan fingerprint density at radius 2 is 0.793 bits per heavy atom. The highest BCUT2D eigenvalue weighted by Gasteiger charge is 2.27. The summed E-state index contributed by atoms with van der Waals surface area (Å²) in [5, 5.41) is 3.02. The number of esters is 1. The van der Waals surface area contributed by atoms with Gasteiger partial charge in [0.25, 0.3) is 7.82 Å². The molecule has 82 heavy (non-hydrogen) atoms. The van der Waals surface area contributed by atoms with Crippen molar-refractivity contribution in [3.05, 3.63) is 109 Å². The van der Waals surface area contributed by atoms with Crippen LogP contribution in [0.3, 0.4) is 0 Å². The minimum atomic E-state index is -4.72. The Morgan fingerprint density at radius 1 is 0.439 bits per heavy atom. The van der Waals surface area contributed by atoms with Crippen LogP contribution in [0.1, 0.15) is 284 Å². The van der Waals surface area contributed by atoms with E-state index in [1.54, 1.807) is 0 Å². The maximum atomic E-state index is 13.6. The van der Waals surface area contributed by atoms with Crippen molar-refractivity contribution < 1.29 is 37.3 Å². The maximum Gasteiger partial charge on any atom is 0.306 e. The maximum absolute atomic E-state index is 13.6. The summed E-state index contributed by atoms with van der Waals surface area (Å²) >= 11 is 0. The van der Waals surface area contributed by atoms with E-state index >= 15 is 0 Å². The summed E-state index contributed by atoms with van der Waals surface area (Å²) in [4.78, 5) is 40.1. The Hall–Kier alpha value is -3.33. The number of ether oxygens (including phenoxy) is 1. The van der Waals surface area contributed by atoms with E-state index in [1.807, 2.05) is 45.4 Å². The zero-order valence-electron chi connectivity index (χ0n) is 53.9. The third kappa shape index (κ3) is 61.2. The molecule has 0 aliphatic carbocycles. The summed E-state index contributed by atoms with van der Waals surface area (Å²) in [5.74, 6) is -0.639. The van der Waals surface area contributed by atoms with Crippen molar-refractivity contribution in [1.29, 1.82) is 0 Å². The molecule has 0 radical (unpaired) electrons. The van der Waals surface area contributed by atoms with Crippen molar-refractivity contribution in [1.82, 2.24) is 5.32 Å². The first-order valence-corrected chi connectivity index (χ1v) is 35.2. The number of amides is 1. The molecule has 0 saturated heterocycles. The second-order valence-corrected chi connectivity index (χ2v) is 25.0. The average molecular weight is 1160 g/mol. The molecule has 1 amide bonds. The molecular formula is C72H127N2O7P. The number of allylic oxidation sites excluding steroid dienone is 17. The molecule has 0 aliphatic rings. The van der Waals surface area contributed by atoms with Gasteiger partial charge in [0, 0.05) is 12.8 Å². The van der Waals surface area contributed by atoms with E-state index in [2.05, 4.69) is 111 Å². The van der Waals surface area contributed by atoms with Crippen LogP contribution in [0.15, 0.2) is 109 Å². The SMILES string of the molecule is CC/C=C\C/C=C\C/C=C\C/C=C\C/C=C\C/C=C\CCC(=O)OC(/C=C\CCCCCCCCCCCC)C(COP(=O)([O-])OCC[N+](C)(C)C)NC(=O)CCCCCCCCCCCCCCCCC/C=C\C/C=C\CCCCC. The summed E-state index contributed by atoms with van der Waals surface area (Å²) in [7, 11) is 1.14. The number of nitrogens with one attached hydrogen (secondary N) is 1. The Kier molecular flexibility index (Phi) is 58.3. The zero-order valence-corrected chi connectivity index (χ0v) is 54.8. The van der Waals surface area contributed by atoms with Crippen LogP contribution in [-0.2, 0) is 27.9 Å². The number of hydrogen-bond donors (Lipinski definition) is 1. The molecule has 472 valence electrons. The van der Waals surface area contributed by atoms with Gasteiger partial charge in [0.2, 0.25) is 5.91 Å². The quantitative estimate of drug-likeness (QED) is 0.0212. The van der Waals surface area contributed by atoms with Crippen LogP contribution in [-0.4, -0.2) is 69.4 Å². The molecule has 0 aromatic rings. The summed E-state index contributed by atoms with van der Waals surface area (Å²) in [6.07, 6.45) is 83.7. The van der Waals surface area contributed by atoms with E-state index in [-0.39, 0.29) is 18.9 Å². The molecule has 0 spiro atoms. The number of nitrogens with zero attached hydrogens (tertiary/aromatic N) is 1. The van der Waals surface area contributed by atoms with Crippen molar-refractivity contribution in [2.45, 2.75) is 296 Å². The molecule has 0 aromatic carbocycles. The molecule has 9 nitrogen and oxygen atoms in total. The highest BCUT2D eigenvalue weighted by atomic mass is 31.2. The average Bonchev–Trinajstić information content (AvgIpc) is 3.44. The first kappa shape index (κ1) is 78.7. The fourth-order valence-electron chi connectivity index (χ4n) is 9.28. The molecule has 10 heteroatoms. The van der Waals surface area contributed by atoms with Crippen LogP contribution in [0.2, 0.25) is 0 Å². The van der Waals surface area contributed by atoms with Gasteiger partial charge in [0.1, 0.15) is 19.3 Å². The van der Waals surface area contributed by atoms with Crippen molar-refractivity contribution in [3.8, 4) is 0 Å². The standard InChI is InChI=1S/C72H127N2O7P/c1-7-10-13-16-19-22-25-28-30-32-34-35-36-37-38-39-41-42-44-46-49-52-55-58-61-64-71(75)73-69(68-80-82(77,78)79-67-66-74(4,5)6)70(63-60-57-54-51-48-27-24-21-18-15-12-9-3)81-72(76)65-62-59-56-53-50-47-45-43-40-33-31-29-26-23-20-17-14-11-8-2/h11,14,19-20,22-23,28-31,40,43,47,50,56,59-60,63,69-70H,7-10,12-13,15-18,21,24-27,32-39,41-42,44-46,48-49,51-55,57-58,61-62,64-68H2,1-6H3,(H-,73,75,77,78)/b14-11-,22-19-,23-20-,30-28-,31-29-,43-40-,50-47-,59-56-,63-60-. The lowest BCUT2D eigenvalue weighted by Gasteiger charge is -2.30. The second-order valence-electron chi connectivity index (χ2n) is 23.6. The highest BCUT2D eigenvalue weighted by molar-refractivity contribution is 7.45. The van der Waals surface area contributed by atoms with Crippen LogP contribution < -0.4 is 10.2 Å². The highest BCUT2D eigenvalue weighted by Crippen LogP contribution is 2.38. The molecule has 0 bridgehead atoms. The second kappa shape index (κ2) is 60.8. The smallest absolute Gasteiger partial charge is 0.306 e. The van der Waals surface area contributed by atoms with Crippen LogP contribution in [0.4, 0.5) is 0 Å². The number of unbranched alkanes of at least 4 members (excludes halogenated alkanes) is 28. The molecule has 0 fully saturated rings. The van der Waals surface area contributed by atoms with Gasteiger partial charge in [0.05, 0.1) is 33.8 Å². The first-order valence-electron chi connectivity index (χ1n) is 33.7. The number of phosphoric ester groups is 1. The van der Waals surface area contributed by atoms with Crippen molar-refractivity contribution >= 4 is 19.7 Å². The van der Waals surface area contributed by atoms with Gasteiger partial charge >= 0.3 is 5.97 Å². The Morgan fingerprint density at radius 3 is 1.22 bits per heavy atom. The first-order chi connectivity index (χ1) is 39.9. The van der Waals surface area contributed by atoms with Crippen LogP contribution in [0, 0.1) is 0 Å². The van der Waals surface area contributed by atoms with Gasteiger partial charge in [-0.25, -0.2) is 0 Å². The Bertz CT molecular complexity index is 1770. The van der Waals surface area contributed by atoms with Gasteiger partial charge in [-0.05, 0) is 102 Å². The van der Waals surface area contributed by atoms with Gasteiger partial charge in [-0.3, -0.25) is 14.2 Å². The lowest BCUT2D eigenvalue weighted by atomic mass is 10.0. The minimum absolute atomic E-state index is 0.0376. The predicted octanol–water partition coefficient (Wildman–Crippen LogP) is 20.7. The number of phosphoric acid groups is 1. The monoisotopic (exact) mass is 1160 g/mol. The van der Waals surface area contributed by atoms with Gasteiger partial charge in [-0.15, -0.1) is 0 Å². The van der Waals surface area contributed by atoms with E-state index in [9.17, 15) is 19.0 Å². The van der Waals surface area contributed by atoms with Crippen molar-refractivity contribution in [2.24, 2.45) is 0 Å². The van der Waals surface area contributed by atoms with Gasteiger partial charge in [-0.2, -0.15) is 0 Å². The van der Waals surface area contributed by atoms with Crippen molar-refractivity contribution in [3.63, 3.8) is 0 Å². The third-order valence-electron chi connectivity index (χ3n) is 14.5. The normalized spacial score (nSPS) is 14.3. The van der Waals surface area contributed by atoms with E-state index in [1.165, 1.54) is 154 Å². The number of quaternary nitrogens is 1.